The summed E-state index contributed by atoms with van der Waals surface area (Å²) in [6.07, 6.45) is 5.85. The van der Waals surface area contributed by atoms with Crippen LogP contribution in [0.4, 0.5) is 5.13 Å². The molecule has 1 aromatic heterocycles. The number of aryl methyl sites for hydroxylation is 2. The molecule has 1 aromatic rings. The second-order valence-corrected chi connectivity index (χ2v) is 6.69. The van der Waals surface area contributed by atoms with Crippen LogP contribution >= 0.6 is 11.3 Å². The molecular weight excluding hydrogens is 290 g/mol. The molecule has 0 saturated carbocycles. The van der Waals surface area contributed by atoms with E-state index in [4.69, 9.17) is 5.11 Å². The predicted molar refractivity (Wildman–Crippen MR) is 79.6 cm³/mol. The fraction of sp³-hybridized carbons (Fsp3) is 0.643. The first-order chi connectivity index (χ1) is 10.1. The SMILES string of the molecule is O=C(CN1CCC[C@H]1C(=O)O)Nc1nc2c(s1)CCCC2. The smallest absolute Gasteiger partial charge is 0.320 e. The number of thiazole rings is 1. The van der Waals surface area contributed by atoms with Crippen LogP contribution in [0.3, 0.4) is 0 Å². The number of carboxylic acid groups (broad SMARTS) is 1. The number of hydrogen-bond acceptors (Lipinski definition) is 5. The highest BCUT2D eigenvalue weighted by Crippen LogP contribution is 2.29. The van der Waals surface area contributed by atoms with E-state index < -0.39 is 12.0 Å². The zero-order valence-electron chi connectivity index (χ0n) is 11.8. The van der Waals surface area contributed by atoms with Crippen molar-refractivity contribution in [3.8, 4) is 0 Å². The summed E-state index contributed by atoms with van der Waals surface area (Å²) >= 11 is 1.55. The van der Waals surface area contributed by atoms with Crippen molar-refractivity contribution >= 4 is 28.3 Å². The Morgan fingerprint density at radius 1 is 1.33 bits per heavy atom. The minimum Gasteiger partial charge on any atom is -0.480 e. The Balaban J connectivity index is 1.59. The van der Waals surface area contributed by atoms with E-state index in [9.17, 15) is 9.59 Å². The molecule has 1 aliphatic carbocycles. The lowest BCUT2D eigenvalue weighted by molar-refractivity contribution is -0.142. The maximum absolute atomic E-state index is 12.1. The third-order valence-corrected chi connectivity index (χ3v) is 5.16. The van der Waals surface area contributed by atoms with Gasteiger partial charge in [-0.05, 0) is 45.1 Å². The van der Waals surface area contributed by atoms with Crippen molar-refractivity contribution in [1.82, 2.24) is 9.88 Å². The quantitative estimate of drug-likeness (QED) is 0.881. The van der Waals surface area contributed by atoms with Gasteiger partial charge in [0, 0.05) is 4.88 Å². The largest absolute Gasteiger partial charge is 0.480 e. The van der Waals surface area contributed by atoms with Crippen molar-refractivity contribution in [3.05, 3.63) is 10.6 Å². The van der Waals surface area contributed by atoms with Gasteiger partial charge in [-0.1, -0.05) is 0 Å². The van der Waals surface area contributed by atoms with Gasteiger partial charge < -0.3 is 10.4 Å². The molecular formula is C14H19N3O3S. The van der Waals surface area contributed by atoms with Crippen LogP contribution in [-0.4, -0.2) is 46.0 Å². The number of aliphatic carboxylic acids is 1. The highest BCUT2D eigenvalue weighted by molar-refractivity contribution is 7.15. The number of aromatic nitrogens is 1. The van der Waals surface area contributed by atoms with Crippen molar-refractivity contribution < 1.29 is 14.7 Å². The molecule has 0 unspecified atom stereocenters. The van der Waals surface area contributed by atoms with Crippen LogP contribution < -0.4 is 5.32 Å². The molecule has 0 radical (unpaired) electrons. The molecule has 1 fully saturated rings. The third-order valence-electron chi connectivity index (χ3n) is 4.09. The molecule has 2 heterocycles. The fourth-order valence-corrected chi connectivity index (χ4v) is 4.11. The van der Waals surface area contributed by atoms with Crippen LogP contribution in [0, 0.1) is 0 Å². The Labute approximate surface area is 127 Å². The summed E-state index contributed by atoms with van der Waals surface area (Å²) in [5.41, 5.74) is 1.12. The van der Waals surface area contributed by atoms with Crippen molar-refractivity contribution in [2.24, 2.45) is 0 Å². The van der Waals surface area contributed by atoms with E-state index in [2.05, 4.69) is 10.3 Å². The zero-order valence-corrected chi connectivity index (χ0v) is 12.6. The number of rotatable bonds is 4. The Morgan fingerprint density at radius 2 is 2.14 bits per heavy atom. The van der Waals surface area contributed by atoms with Gasteiger partial charge in [0.05, 0.1) is 12.2 Å². The van der Waals surface area contributed by atoms with Gasteiger partial charge in [0.25, 0.3) is 0 Å². The fourth-order valence-electron chi connectivity index (χ4n) is 3.04. The van der Waals surface area contributed by atoms with Crippen molar-refractivity contribution in [2.75, 3.05) is 18.4 Å². The van der Waals surface area contributed by atoms with E-state index in [0.29, 0.717) is 18.1 Å². The first-order valence-corrected chi connectivity index (χ1v) is 8.20. The van der Waals surface area contributed by atoms with Crippen LogP contribution in [0.1, 0.15) is 36.3 Å². The van der Waals surface area contributed by atoms with Gasteiger partial charge in [-0.3, -0.25) is 14.5 Å². The van der Waals surface area contributed by atoms with Crippen molar-refractivity contribution in [1.29, 1.82) is 0 Å². The monoisotopic (exact) mass is 309 g/mol. The zero-order chi connectivity index (χ0) is 14.8. The molecule has 0 spiro atoms. The van der Waals surface area contributed by atoms with Crippen LogP contribution in [0.25, 0.3) is 0 Å². The molecule has 1 atom stereocenters. The number of carboxylic acids is 1. The molecule has 0 bridgehead atoms. The first kappa shape index (κ1) is 14.5. The summed E-state index contributed by atoms with van der Waals surface area (Å²) in [6.45, 7) is 0.792. The number of hydrogen-bond donors (Lipinski definition) is 2. The average molecular weight is 309 g/mol. The number of fused-ring (bicyclic) bond motifs is 1. The van der Waals surface area contributed by atoms with Gasteiger partial charge in [0.1, 0.15) is 6.04 Å². The van der Waals surface area contributed by atoms with E-state index >= 15 is 0 Å². The molecule has 21 heavy (non-hydrogen) atoms. The molecule has 114 valence electrons. The lowest BCUT2D eigenvalue weighted by Gasteiger charge is -2.19. The number of amides is 1. The van der Waals surface area contributed by atoms with Gasteiger partial charge in [-0.15, -0.1) is 11.3 Å². The maximum Gasteiger partial charge on any atom is 0.320 e. The Bertz CT molecular complexity index is 534. The molecule has 3 rings (SSSR count). The van der Waals surface area contributed by atoms with Gasteiger partial charge in [0.2, 0.25) is 5.91 Å². The number of nitrogens with zero attached hydrogens (tertiary/aromatic N) is 2. The molecule has 1 aliphatic heterocycles. The number of carbonyl (C=O) groups excluding carboxylic acids is 1. The normalized spacial score (nSPS) is 22.0. The lowest BCUT2D eigenvalue weighted by Crippen LogP contribution is -2.40. The minimum absolute atomic E-state index is 0.126. The maximum atomic E-state index is 12.1. The van der Waals surface area contributed by atoms with Crippen LogP contribution in [-0.2, 0) is 22.4 Å². The van der Waals surface area contributed by atoms with Crippen LogP contribution in [0.2, 0.25) is 0 Å². The summed E-state index contributed by atoms with van der Waals surface area (Å²) in [4.78, 5) is 30.6. The number of nitrogens with one attached hydrogen (secondary N) is 1. The lowest BCUT2D eigenvalue weighted by atomic mass is 10.0. The molecule has 0 aromatic carbocycles. The van der Waals surface area contributed by atoms with Crippen molar-refractivity contribution in [3.63, 3.8) is 0 Å². The number of likely N-dealkylation sites (tertiary alicyclic amines) is 1. The van der Waals surface area contributed by atoms with Gasteiger partial charge in [-0.2, -0.15) is 0 Å². The third kappa shape index (κ3) is 3.24. The van der Waals surface area contributed by atoms with Crippen LogP contribution in [0.15, 0.2) is 0 Å². The molecule has 7 heteroatoms. The molecule has 1 saturated heterocycles. The van der Waals surface area contributed by atoms with E-state index in [1.807, 2.05) is 0 Å². The first-order valence-electron chi connectivity index (χ1n) is 7.39. The Kier molecular flexibility index (Phi) is 4.21. The van der Waals surface area contributed by atoms with Gasteiger partial charge in [0.15, 0.2) is 5.13 Å². The van der Waals surface area contributed by atoms with Crippen LogP contribution in [0.5, 0.6) is 0 Å². The summed E-state index contributed by atoms with van der Waals surface area (Å²) in [5, 5.41) is 12.6. The Hall–Kier alpha value is -1.47. The second kappa shape index (κ2) is 6.11. The summed E-state index contributed by atoms with van der Waals surface area (Å²) in [6, 6.07) is -0.528. The highest BCUT2D eigenvalue weighted by Gasteiger charge is 2.31. The topological polar surface area (TPSA) is 82.5 Å². The van der Waals surface area contributed by atoms with Gasteiger partial charge >= 0.3 is 5.97 Å². The summed E-state index contributed by atoms with van der Waals surface area (Å²) in [5.74, 6) is -1.01. The summed E-state index contributed by atoms with van der Waals surface area (Å²) < 4.78 is 0. The van der Waals surface area contributed by atoms with E-state index in [1.54, 1.807) is 16.2 Å². The van der Waals surface area contributed by atoms with E-state index in [-0.39, 0.29) is 12.5 Å². The molecule has 2 aliphatic rings. The van der Waals surface area contributed by atoms with E-state index in [0.717, 1.165) is 31.4 Å². The average Bonchev–Trinajstić information content (AvgIpc) is 3.03. The Morgan fingerprint density at radius 3 is 2.90 bits per heavy atom. The van der Waals surface area contributed by atoms with E-state index in [1.165, 1.54) is 11.3 Å². The highest BCUT2D eigenvalue weighted by atomic mass is 32.1. The number of carbonyl (C=O) groups is 2. The molecule has 1 amide bonds. The summed E-state index contributed by atoms with van der Waals surface area (Å²) in [7, 11) is 0. The molecule has 2 N–H and O–H groups in total. The predicted octanol–water partition coefficient (Wildman–Crippen LogP) is 1.51. The molecule has 6 nitrogen and oxygen atoms in total. The minimum atomic E-state index is -0.843. The standard InChI is InChI=1S/C14H19N3O3S/c18-12(8-17-7-3-5-10(17)13(19)20)16-14-15-9-4-1-2-6-11(9)21-14/h10H,1-8H2,(H,19,20)(H,15,16,18)/t10-/m0/s1. The second-order valence-electron chi connectivity index (χ2n) is 5.61. The van der Waals surface area contributed by atoms with Crippen molar-refractivity contribution in [2.45, 2.75) is 44.6 Å². The van der Waals surface area contributed by atoms with Gasteiger partial charge in [-0.25, -0.2) is 4.98 Å². The number of anilines is 1.